The summed E-state index contributed by atoms with van der Waals surface area (Å²) in [5.74, 6) is -1.91. The van der Waals surface area contributed by atoms with Crippen LogP contribution in [0.1, 0.15) is 33.2 Å². The van der Waals surface area contributed by atoms with Crippen molar-refractivity contribution in [3.63, 3.8) is 0 Å². The standard InChI is InChI=1S/C12H16N2O4S/c1-7-10(12(17)18)19-9(13-7)6-14-4-2-8(3-5-14)11(15)16/h8H,2-6H2,1H3,(H,15,16)(H,17,18). The van der Waals surface area contributed by atoms with Crippen LogP contribution in [-0.4, -0.2) is 45.1 Å². The van der Waals surface area contributed by atoms with E-state index in [2.05, 4.69) is 9.88 Å². The maximum absolute atomic E-state index is 10.9. The molecule has 1 aromatic heterocycles. The van der Waals surface area contributed by atoms with Crippen LogP contribution in [0.25, 0.3) is 0 Å². The summed E-state index contributed by atoms with van der Waals surface area (Å²) < 4.78 is 0. The van der Waals surface area contributed by atoms with E-state index >= 15 is 0 Å². The van der Waals surface area contributed by atoms with E-state index in [1.165, 1.54) is 11.3 Å². The maximum Gasteiger partial charge on any atom is 0.347 e. The van der Waals surface area contributed by atoms with E-state index < -0.39 is 11.9 Å². The Kier molecular flexibility index (Phi) is 4.16. The molecule has 0 aromatic carbocycles. The van der Waals surface area contributed by atoms with Crippen molar-refractivity contribution >= 4 is 23.3 Å². The number of aryl methyl sites for hydroxylation is 1. The molecule has 0 aliphatic carbocycles. The van der Waals surface area contributed by atoms with E-state index in [0.29, 0.717) is 25.1 Å². The molecule has 1 aliphatic heterocycles. The number of aliphatic carboxylic acids is 1. The molecule has 1 aliphatic rings. The van der Waals surface area contributed by atoms with Gasteiger partial charge in [-0.25, -0.2) is 9.78 Å². The predicted octanol–water partition coefficient (Wildman–Crippen LogP) is 1.45. The molecule has 0 bridgehead atoms. The number of piperidine rings is 1. The zero-order valence-electron chi connectivity index (χ0n) is 10.6. The number of aromatic carboxylic acids is 1. The third-order valence-electron chi connectivity index (χ3n) is 3.33. The van der Waals surface area contributed by atoms with Crippen molar-refractivity contribution in [1.29, 1.82) is 0 Å². The second-order valence-electron chi connectivity index (χ2n) is 4.72. The SMILES string of the molecule is Cc1nc(CN2CCC(C(=O)O)CC2)sc1C(=O)O. The highest BCUT2D eigenvalue weighted by atomic mass is 32.1. The fraction of sp³-hybridized carbons (Fsp3) is 0.583. The molecule has 1 aromatic rings. The van der Waals surface area contributed by atoms with Crippen molar-refractivity contribution < 1.29 is 19.8 Å². The molecule has 0 radical (unpaired) electrons. The minimum Gasteiger partial charge on any atom is -0.481 e. The van der Waals surface area contributed by atoms with Gasteiger partial charge < -0.3 is 10.2 Å². The van der Waals surface area contributed by atoms with Gasteiger partial charge >= 0.3 is 11.9 Å². The number of carbonyl (C=O) groups is 2. The first-order valence-electron chi connectivity index (χ1n) is 6.12. The molecule has 2 rings (SSSR count). The number of thiazole rings is 1. The van der Waals surface area contributed by atoms with Crippen LogP contribution in [0.15, 0.2) is 0 Å². The van der Waals surface area contributed by atoms with Gasteiger partial charge in [0.25, 0.3) is 0 Å². The molecule has 0 amide bonds. The van der Waals surface area contributed by atoms with Crippen LogP contribution in [-0.2, 0) is 11.3 Å². The summed E-state index contributed by atoms with van der Waals surface area (Å²) in [5.41, 5.74) is 0.549. The number of hydrogen-bond acceptors (Lipinski definition) is 5. The van der Waals surface area contributed by atoms with Crippen molar-refractivity contribution in [1.82, 2.24) is 9.88 Å². The van der Waals surface area contributed by atoms with Crippen molar-refractivity contribution in [2.45, 2.75) is 26.3 Å². The Hall–Kier alpha value is -1.47. The lowest BCUT2D eigenvalue weighted by atomic mass is 9.97. The summed E-state index contributed by atoms with van der Waals surface area (Å²) in [7, 11) is 0. The summed E-state index contributed by atoms with van der Waals surface area (Å²) in [4.78, 5) is 28.5. The van der Waals surface area contributed by atoms with Gasteiger partial charge in [-0.05, 0) is 32.9 Å². The molecule has 7 heteroatoms. The normalized spacial score (nSPS) is 17.5. The van der Waals surface area contributed by atoms with Crippen LogP contribution < -0.4 is 0 Å². The van der Waals surface area contributed by atoms with Gasteiger partial charge in [0.2, 0.25) is 0 Å². The Bertz CT molecular complexity index is 492. The third kappa shape index (κ3) is 3.30. The van der Waals surface area contributed by atoms with Crippen molar-refractivity contribution in [2.24, 2.45) is 5.92 Å². The second kappa shape index (κ2) is 5.66. The number of likely N-dealkylation sites (tertiary alicyclic amines) is 1. The highest BCUT2D eigenvalue weighted by Crippen LogP contribution is 2.23. The van der Waals surface area contributed by atoms with Gasteiger partial charge in [-0.2, -0.15) is 0 Å². The summed E-state index contributed by atoms with van der Waals surface area (Å²) in [6, 6.07) is 0. The Morgan fingerprint density at radius 3 is 2.47 bits per heavy atom. The van der Waals surface area contributed by atoms with Gasteiger partial charge in [0.1, 0.15) is 9.88 Å². The number of carboxylic acids is 2. The quantitative estimate of drug-likeness (QED) is 0.869. The lowest BCUT2D eigenvalue weighted by Gasteiger charge is -2.29. The van der Waals surface area contributed by atoms with Gasteiger partial charge in [0.15, 0.2) is 0 Å². The van der Waals surface area contributed by atoms with E-state index in [1.807, 2.05) is 0 Å². The Labute approximate surface area is 114 Å². The van der Waals surface area contributed by atoms with E-state index in [1.54, 1.807) is 6.92 Å². The first-order chi connectivity index (χ1) is 8.97. The largest absolute Gasteiger partial charge is 0.481 e. The number of aromatic nitrogens is 1. The molecule has 0 unspecified atom stereocenters. The lowest BCUT2D eigenvalue weighted by molar-refractivity contribution is -0.143. The van der Waals surface area contributed by atoms with E-state index in [9.17, 15) is 9.59 Å². The van der Waals surface area contributed by atoms with Crippen molar-refractivity contribution in [2.75, 3.05) is 13.1 Å². The number of hydrogen-bond donors (Lipinski definition) is 2. The number of rotatable bonds is 4. The monoisotopic (exact) mass is 284 g/mol. The van der Waals surface area contributed by atoms with E-state index in [0.717, 1.165) is 18.1 Å². The molecule has 1 saturated heterocycles. The Balaban J connectivity index is 1.94. The molecule has 0 saturated carbocycles. The molecule has 2 heterocycles. The van der Waals surface area contributed by atoms with E-state index in [4.69, 9.17) is 10.2 Å². The van der Waals surface area contributed by atoms with Crippen LogP contribution >= 0.6 is 11.3 Å². The van der Waals surface area contributed by atoms with Crippen molar-refractivity contribution in [3.05, 3.63) is 15.6 Å². The maximum atomic E-state index is 10.9. The fourth-order valence-corrected chi connectivity index (χ4v) is 3.19. The van der Waals surface area contributed by atoms with Gasteiger partial charge in [-0.3, -0.25) is 9.69 Å². The summed E-state index contributed by atoms with van der Waals surface area (Å²) in [5, 5.41) is 18.7. The highest BCUT2D eigenvalue weighted by Gasteiger charge is 2.25. The summed E-state index contributed by atoms with van der Waals surface area (Å²) in [6.07, 6.45) is 1.29. The molecular weight excluding hydrogens is 268 g/mol. The third-order valence-corrected chi connectivity index (χ3v) is 4.46. The molecule has 0 spiro atoms. The Morgan fingerprint density at radius 1 is 1.37 bits per heavy atom. The average Bonchev–Trinajstić information content (AvgIpc) is 2.71. The van der Waals surface area contributed by atoms with Gasteiger partial charge in [0, 0.05) is 0 Å². The smallest absolute Gasteiger partial charge is 0.347 e. The summed E-state index contributed by atoms with van der Waals surface area (Å²) >= 11 is 1.20. The molecule has 1 fully saturated rings. The van der Waals surface area contributed by atoms with Gasteiger partial charge in [0.05, 0.1) is 18.2 Å². The molecule has 0 atom stereocenters. The average molecular weight is 284 g/mol. The minimum atomic E-state index is -0.939. The van der Waals surface area contributed by atoms with Crippen molar-refractivity contribution in [3.8, 4) is 0 Å². The lowest BCUT2D eigenvalue weighted by Crippen LogP contribution is -2.35. The molecule has 6 nitrogen and oxygen atoms in total. The minimum absolute atomic E-state index is 0.246. The van der Waals surface area contributed by atoms with Crippen LogP contribution in [0.5, 0.6) is 0 Å². The van der Waals surface area contributed by atoms with Crippen LogP contribution in [0.3, 0.4) is 0 Å². The second-order valence-corrected chi connectivity index (χ2v) is 5.80. The Morgan fingerprint density at radius 2 is 2.00 bits per heavy atom. The van der Waals surface area contributed by atoms with E-state index in [-0.39, 0.29) is 10.8 Å². The fourth-order valence-electron chi connectivity index (χ4n) is 2.25. The zero-order chi connectivity index (χ0) is 14.0. The first-order valence-corrected chi connectivity index (χ1v) is 6.93. The topological polar surface area (TPSA) is 90.7 Å². The van der Waals surface area contributed by atoms with Crippen LogP contribution in [0, 0.1) is 12.8 Å². The molecular formula is C12H16N2O4S. The number of nitrogens with zero attached hydrogens (tertiary/aromatic N) is 2. The molecule has 19 heavy (non-hydrogen) atoms. The number of carboxylic acid groups (broad SMARTS) is 2. The predicted molar refractivity (Wildman–Crippen MR) is 69.4 cm³/mol. The van der Waals surface area contributed by atoms with Crippen LogP contribution in [0.4, 0.5) is 0 Å². The van der Waals surface area contributed by atoms with Gasteiger partial charge in [-0.1, -0.05) is 0 Å². The highest BCUT2D eigenvalue weighted by molar-refractivity contribution is 7.13. The van der Waals surface area contributed by atoms with Crippen LogP contribution in [0.2, 0.25) is 0 Å². The zero-order valence-corrected chi connectivity index (χ0v) is 11.4. The molecule has 104 valence electrons. The van der Waals surface area contributed by atoms with Gasteiger partial charge in [-0.15, -0.1) is 11.3 Å². The molecule has 2 N–H and O–H groups in total. The summed E-state index contributed by atoms with van der Waals surface area (Å²) in [6.45, 7) is 3.74. The first kappa shape index (κ1) is 14.0.